The van der Waals surface area contributed by atoms with Crippen LogP contribution < -0.4 is 5.32 Å². The van der Waals surface area contributed by atoms with Gasteiger partial charge in [-0.05, 0) is 37.4 Å². The van der Waals surface area contributed by atoms with E-state index in [1.165, 1.54) is 0 Å². The average molecular weight is 296 g/mol. The van der Waals surface area contributed by atoms with Crippen LogP contribution in [0.3, 0.4) is 0 Å². The summed E-state index contributed by atoms with van der Waals surface area (Å²) in [5.74, 6) is 0.112. The third kappa shape index (κ3) is 4.04. The van der Waals surface area contributed by atoms with Crippen LogP contribution in [0.25, 0.3) is 0 Å². The van der Waals surface area contributed by atoms with Crippen molar-refractivity contribution in [1.82, 2.24) is 9.62 Å². The van der Waals surface area contributed by atoms with Crippen molar-refractivity contribution in [1.29, 1.82) is 0 Å². The zero-order chi connectivity index (χ0) is 14.6. The average Bonchev–Trinajstić information content (AvgIpc) is 3.20. The van der Waals surface area contributed by atoms with Gasteiger partial charge >= 0.3 is 0 Å². The van der Waals surface area contributed by atoms with Gasteiger partial charge in [0.25, 0.3) is 0 Å². The van der Waals surface area contributed by atoms with Crippen LogP contribution in [0.1, 0.15) is 37.3 Å². The summed E-state index contributed by atoms with van der Waals surface area (Å²) in [4.78, 5) is 0. The molecule has 112 valence electrons. The lowest BCUT2D eigenvalue weighted by Crippen LogP contribution is -2.34. The molecule has 1 aromatic carbocycles. The maximum atomic E-state index is 12.6. The van der Waals surface area contributed by atoms with Gasteiger partial charge < -0.3 is 5.32 Å². The molecule has 0 unspecified atom stereocenters. The molecule has 1 aromatic rings. The summed E-state index contributed by atoms with van der Waals surface area (Å²) >= 11 is 0. The van der Waals surface area contributed by atoms with Crippen LogP contribution in [0.15, 0.2) is 24.3 Å². The smallest absolute Gasteiger partial charge is 0.218 e. The van der Waals surface area contributed by atoms with Crippen molar-refractivity contribution in [2.75, 3.05) is 13.6 Å². The van der Waals surface area contributed by atoms with Crippen molar-refractivity contribution < 1.29 is 8.42 Å². The van der Waals surface area contributed by atoms with Gasteiger partial charge in [0, 0.05) is 19.1 Å². The normalized spacial score (nSPS) is 15.8. The van der Waals surface area contributed by atoms with E-state index in [2.05, 4.69) is 5.32 Å². The molecular weight excluding hydrogens is 272 g/mol. The second-order valence-electron chi connectivity index (χ2n) is 5.45. The van der Waals surface area contributed by atoms with Crippen LogP contribution in [-0.4, -0.2) is 32.4 Å². The lowest BCUT2D eigenvalue weighted by molar-refractivity contribution is 0.402. The van der Waals surface area contributed by atoms with E-state index >= 15 is 0 Å². The fraction of sp³-hybridized carbons (Fsp3) is 0.600. The maximum absolute atomic E-state index is 12.6. The lowest BCUT2D eigenvalue weighted by Gasteiger charge is -2.21. The predicted octanol–water partition coefficient (Wildman–Crippen LogP) is 2.11. The Bertz CT molecular complexity index is 539. The van der Waals surface area contributed by atoms with E-state index in [1.807, 2.05) is 38.2 Å². The zero-order valence-electron chi connectivity index (χ0n) is 12.3. The van der Waals surface area contributed by atoms with Gasteiger partial charge in [0.1, 0.15) is 0 Å². The second kappa shape index (κ2) is 6.70. The molecule has 0 radical (unpaired) electrons. The fourth-order valence-electron chi connectivity index (χ4n) is 2.46. The molecule has 0 amide bonds. The molecule has 0 heterocycles. The zero-order valence-corrected chi connectivity index (χ0v) is 13.1. The van der Waals surface area contributed by atoms with E-state index in [9.17, 15) is 8.42 Å². The van der Waals surface area contributed by atoms with Gasteiger partial charge in [-0.3, -0.25) is 0 Å². The van der Waals surface area contributed by atoms with Crippen molar-refractivity contribution in [2.24, 2.45) is 0 Å². The Labute approximate surface area is 122 Å². The Kier molecular flexibility index (Phi) is 5.18. The van der Waals surface area contributed by atoms with E-state index in [0.717, 1.165) is 36.9 Å². The molecular formula is C15H24N2O2S. The summed E-state index contributed by atoms with van der Waals surface area (Å²) < 4.78 is 26.8. The van der Waals surface area contributed by atoms with E-state index in [4.69, 9.17) is 0 Å². The van der Waals surface area contributed by atoms with E-state index in [0.29, 0.717) is 6.54 Å². The molecule has 1 N–H and O–H groups in total. The highest BCUT2D eigenvalue weighted by Crippen LogP contribution is 2.30. The molecule has 0 atom stereocenters. The number of rotatable bonds is 8. The van der Waals surface area contributed by atoms with E-state index < -0.39 is 10.0 Å². The first-order valence-corrected chi connectivity index (χ1v) is 8.89. The Morgan fingerprint density at radius 3 is 2.60 bits per heavy atom. The van der Waals surface area contributed by atoms with Crippen molar-refractivity contribution in [3.8, 4) is 0 Å². The van der Waals surface area contributed by atoms with Crippen molar-refractivity contribution in [3.05, 3.63) is 35.4 Å². The third-order valence-electron chi connectivity index (χ3n) is 3.48. The lowest BCUT2D eigenvalue weighted by atomic mass is 10.1. The van der Waals surface area contributed by atoms with E-state index in [-0.39, 0.29) is 11.8 Å². The molecule has 1 fully saturated rings. The molecule has 0 spiro atoms. The summed E-state index contributed by atoms with van der Waals surface area (Å²) in [5.41, 5.74) is 1.99. The Morgan fingerprint density at radius 2 is 2.00 bits per heavy atom. The largest absolute Gasteiger partial charge is 0.316 e. The molecule has 0 bridgehead atoms. The van der Waals surface area contributed by atoms with Gasteiger partial charge in [0.05, 0.1) is 5.75 Å². The first-order valence-electron chi connectivity index (χ1n) is 7.28. The SMILES string of the molecule is CCCN(C1CC1)S(=O)(=O)Cc1cccc(CNC)c1. The van der Waals surface area contributed by atoms with Crippen LogP contribution in [0.2, 0.25) is 0 Å². The van der Waals surface area contributed by atoms with Gasteiger partial charge in [0.2, 0.25) is 10.0 Å². The standard InChI is InChI=1S/C15H24N2O2S/c1-3-9-17(15-7-8-15)20(18,19)12-14-6-4-5-13(10-14)11-16-2/h4-6,10,15-16H,3,7-9,11-12H2,1-2H3. The van der Waals surface area contributed by atoms with Crippen LogP contribution in [-0.2, 0) is 22.3 Å². The predicted molar refractivity (Wildman–Crippen MR) is 81.8 cm³/mol. The Hall–Kier alpha value is -0.910. The minimum Gasteiger partial charge on any atom is -0.316 e. The number of hydrogen-bond acceptors (Lipinski definition) is 3. The highest BCUT2D eigenvalue weighted by atomic mass is 32.2. The summed E-state index contributed by atoms with van der Waals surface area (Å²) in [5, 5.41) is 3.09. The van der Waals surface area contributed by atoms with Crippen LogP contribution in [0.5, 0.6) is 0 Å². The van der Waals surface area contributed by atoms with Gasteiger partial charge in [-0.2, -0.15) is 4.31 Å². The maximum Gasteiger partial charge on any atom is 0.218 e. The first-order chi connectivity index (χ1) is 9.56. The Balaban J connectivity index is 2.12. The minimum atomic E-state index is -3.19. The quantitative estimate of drug-likeness (QED) is 0.799. The molecule has 0 aliphatic heterocycles. The number of benzene rings is 1. The molecule has 5 heteroatoms. The first kappa shape index (κ1) is 15.5. The summed E-state index contributed by atoms with van der Waals surface area (Å²) in [7, 11) is -1.30. The monoisotopic (exact) mass is 296 g/mol. The van der Waals surface area contributed by atoms with Crippen molar-refractivity contribution in [3.63, 3.8) is 0 Å². The highest BCUT2D eigenvalue weighted by Gasteiger charge is 2.36. The number of nitrogens with zero attached hydrogens (tertiary/aromatic N) is 1. The molecule has 20 heavy (non-hydrogen) atoms. The molecule has 2 rings (SSSR count). The third-order valence-corrected chi connectivity index (χ3v) is 5.37. The summed E-state index contributed by atoms with van der Waals surface area (Å²) in [6.07, 6.45) is 2.90. The van der Waals surface area contributed by atoms with Gasteiger partial charge in [-0.1, -0.05) is 31.2 Å². The highest BCUT2D eigenvalue weighted by molar-refractivity contribution is 7.88. The molecule has 1 saturated carbocycles. The summed E-state index contributed by atoms with van der Waals surface area (Å²) in [6, 6.07) is 8.06. The molecule has 1 aliphatic rings. The van der Waals surface area contributed by atoms with Gasteiger partial charge in [-0.15, -0.1) is 0 Å². The topological polar surface area (TPSA) is 49.4 Å². The molecule has 1 aliphatic carbocycles. The van der Waals surface area contributed by atoms with Crippen molar-refractivity contribution >= 4 is 10.0 Å². The van der Waals surface area contributed by atoms with Gasteiger partial charge in [-0.25, -0.2) is 8.42 Å². The second-order valence-corrected chi connectivity index (χ2v) is 7.37. The van der Waals surface area contributed by atoms with Crippen LogP contribution in [0.4, 0.5) is 0 Å². The fourth-order valence-corrected chi connectivity index (χ4v) is 4.35. The number of nitrogens with one attached hydrogen (secondary N) is 1. The van der Waals surface area contributed by atoms with Gasteiger partial charge in [0.15, 0.2) is 0 Å². The number of hydrogen-bond donors (Lipinski definition) is 1. The number of sulfonamides is 1. The minimum absolute atomic E-state index is 0.112. The Morgan fingerprint density at radius 1 is 1.30 bits per heavy atom. The molecule has 4 nitrogen and oxygen atoms in total. The summed E-state index contributed by atoms with van der Waals surface area (Å²) in [6.45, 7) is 3.43. The van der Waals surface area contributed by atoms with E-state index in [1.54, 1.807) is 4.31 Å². The van der Waals surface area contributed by atoms with Crippen molar-refractivity contribution in [2.45, 2.75) is 44.5 Å². The molecule has 0 saturated heterocycles. The van der Waals surface area contributed by atoms with Crippen LogP contribution in [0, 0.1) is 0 Å². The van der Waals surface area contributed by atoms with Crippen LogP contribution >= 0.6 is 0 Å². The molecule has 0 aromatic heterocycles.